The fourth-order valence-corrected chi connectivity index (χ4v) is 13.8. The Hall–Kier alpha value is -9.70. The van der Waals surface area contributed by atoms with Gasteiger partial charge >= 0.3 is 0 Å². The molecule has 16 rings (SSSR count). The standard InChI is InChI=1S/C76H54N2O/c1-75(2)69-21-13-12-20-62(69)63-37-32-59(45-70(63)75)77(55-17-6-5-7-18-55)58-34-39-72-68(44-58)66-36-29-50-23-25-53(43-67(50)74(66)79-72)52-24-22-48-27-31-57(42-54(48)40-52)78(56-30-26-47-14-8-9-16-51(47)41-56)60-33-38-64-65-35-28-49-15-10-11-19-61(49)73(65)76(3,4)71(64)46-60/h5-46H,1-4H3. The van der Waals surface area contributed by atoms with Crippen LogP contribution in [-0.4, -0.2) is 0 Å². The summed E-state index contributed by atoms with van der Waals surface area (Å²) in [5.74, 6) is 0. The lowest BCUT2D eigenvalue weighted by Gasteiger charge is -2.29. The molecule has 1 heterocycles. The van der Waals surface area contributed by atoms with Crippen LogP contribution in [0.5, 0.6) is 0 Å². The number of hydrogen-bond donors (Lipinski definition) is 0. The first-order valence-electron chi connectivity index (χ1n) is 27.6. The molecule has 3 nitrogen and oxygen atoms in total. The third kappa shape index (κ3) is 6.92. The van der Waals surface area contributed by atoms with Crippen molar-refractivity contribution in [2.24, 2.45) is 0 Å². The summed E-state index contributed by atoms with van der Waals surface area (Å²) in [6.07, 6.45) is 0. The van der Waals surface area contributed by atoms with Crippen LogP contribution in [0.2, 0.25) is 0 Å². The molecule has 0 saturated heterocycles. The lowest BCUT2D eigenvalue weighted by atomic mass is 9.80. The Bertz CT molecular complexity index is 4870. The quantitative estimate of drug-likeness (QED) is 0.159. The molecule has 0 aliphatic heterocycles. The van der Waals surface area contributed by atoms with Crippen LogP contribution in [0.3, 0.4) is 0 Å². The Balaban J connectivity index is 0.788. The first-order valence-corrected chi connectivity index (χ1v) is 27.6. The summed E-state index contributed by atoms with van der Waals surface area (Å²) in [4.78, 5) is 4.83. The topological polar surface area (TPSA) is 19.6 Å². The van der Waals surface area contributed by atoms with Crippen LogP contribution in [-0.2, 0) is 10.8 Å². The SMILES string of the molecule is CC1(C)c2ccccc2-c2ccc(N(c3ccccc3)c3ccc4oc5c6cc(-c7ccc8ccc(N(c9ccc%10c(c9)C(C)(C)c9c-%10ccc%10ccccc9%10)c9ccc%10ccccc%10c9)cc8c7)ccc6ccc5c4c3)cc21. The van der Waals surface area contributed by atoms with Crippen molar-refractivity contribution in [2.45, 2.75) is 38.5 Å². The molecular formula is C76H54N2O. The first-order chi connectivity index (χ1) is 38.6. The summed E-state index contributed by atoms with van der Waals surface area (Å²) in [7, 11) is 0. The van der Waals surface area contributed by atoms with Gasteiger partial charge in [0.25, 0.3) is 0 Å². The number of fused-ring (bicyclic) bond motifs is 15. The molecule has 0 amide bonds. The molecule has 0 N–H and O–H groups in total. The zero-order chi connectivity index (χ0) is 52.7. The van der Waals surface area contributed by atoms with Crippen molar-refractivity contribution >= 4 is 99.2 Å². The van der Waals surface area contributed by atoms with Crippen molar-refractivity contribution < 1.29 is 4.42 Å². The van der Waals surface area contributed by atoms with E-state index >= 15 is 0 Å². The van der Waals surface area contributed by atoms with Gasteiger partial charge in [0.2, 0.25) is 0 Å². The molecule has 0 unspecified atom stereocenters. The zero-order valence-electron chi connectivity index (χ0n) is 44.6. The smallest absolute Gasteiger partial charge is 0.143 e. The Morgan fingerprint density at radius 1 is 0.278 bits per heavy atom. The van der Waals surface area contributed by atoms with Gasteiger partial charge in [-0.25, -0.2) is 0 Å². The Labute approximate surface area is 459 Å². The van der Waals surface area contributed by atoms with Gasteiger partial charge in [-0.3, -0.25) is 0 Å². The van der Waals surface area contributed by atoms with Crippen molar-refractivity contribution in [2.75, 3.05) is 9.80 Å². The van der Waals surface area contributed by atoms with Gasteiger partial charge < -0.3 is 14.2 Å². The summed E-state index contributed by atoms with van der Waals surface area (Å²) in [5, 5.41) is 11.9. The molecule has 0 fully saturated rings. The van der Waals surface area contributed by atoms with E-state index in [0.29, 0.717) is 0 Å². The third-order valence-corrected chi connectivity index (χ3v) is 17.7. The fourth-order valence-electron chi connectivity index (χ4n) is 13.8. The molecule has 0 bridgehead atoms. The zero-order valence-corrected chi connectivity index (χ0v) is 44.6. The highest BCUT2D eigenvalue weighted by molar-refractivity contribution is 6.16. The van der Waals surface area contributed by atoms with Crippen LogP contribution >= 0.6 is 0 Å². The third-order valence-electron chi connectivity index (χ3n) is 17.7. The van der Waals surface area contributed by atoms with Gasteiger partial charge in [0.05, 0.1) is 0 Å². The summed E-state index contributed by atoms with van der Waals surface area (Å²) >= 11 is 0. The van der Waals surface area contributed by atoms with E-state index in [4.69, 9.17) is 4.42 Å². The second-order valence-corrected chi connectivity index (χ2v) is 22.9. The summed E-state index contributed by atoms with van der Waals surface area (Å²) in [6, 6.07) is 94.4. The lowest BCUT2D eigenvalue weighted by Crippen LogP contribution is -2.17. The van der Waals surface area contributed by atoms with Crippen LogP contribution in [0.1, 0.15) is 49.9 Å². The average Bonchev–Trinajstić information content (AvgIpc) is 4.27. The maximum absolute atomic E-state index is 6.90. The van der Waals surface area contributed by atoms with Gasteiger partial charge in [-0.15, -0.1) is 0 Å². The summed E-state index contributed by atoms with van der Waals surface area (Å²) in [6.45, 7) is 9.48. The van der Waals surface area contributed by atoms with Gasteiger partial charge in [0.15, 0.2) is 0 Å². The molecule has 13 aromatic carbocycles. The van der Waals surface area contributed by atoms with Gasteiger partial charge in [0, 0.05) is 61.1 Å². The average molecular weight is 1010 g/mol. The van der Waals surface area contributed by atoms with Gasteiger partial charge in [0.1, 0.15) is 11.2 Å². The normalized spacial score (nSPS) is 13.8. The first kappa shape index (κ1) is 45.5. The number of para-hydroxylation sites is 1. The van der Waals surface area contributed by atoms with Crippen molar-refractivity contribution in [3.05, 3.63) is 277 Å². The number of furan rings is 1. The predicted octanol–water partition coefficient (Wildman–Crippen LogP) is 21.4. The van der Waals surface area contributed by atoms with Crippen LogP contribution in [0.15, 0.2) is 259 Å². The van der Waals surface area contributed by atoms with E-state index in [1.807, 2.05) is 0 Å². The summed E-state index contributed by atoms with van der Waals surface area (Å²) in [5.41, 5.74) is 21.2. The van der Waals surface area contributed by atoms with Crippen LogP contribution in [0, 0.1) is 0 Å². The second kappa shape index (κ2) is 16.9. The van der Waals surface area contributed by atoms with Crippen molar-refractivity contribution in [1.82, 2.24) is 0 Å². The van der Waals surface area contributed by atoms with E-state index in [9.17, 15) is 0 Å². The number of nitrogens with zero attached hydrogens (tertiary/aromatic N) is 2. The minimum atomic E-state index is -0.190. The van der Waals surface area contributed by atoms with Gasteiger partial charge in [-0.2, -0.15) is 0 Å². The lowest BCUT2D eigenvalue weighted by molar-refractivity contribution is 0.660. The largest absolute Gasteiger partial charge is 0.455 e. The predicted molar refractivity (Wildman–Crippen MR) is 334 cm³/mol. The number of anilines is 6. The van der Waals surface area contributed by atoms with E-state index in [2.05, 4.69) is 292 Å². The molecule has 374 valence electrons. The molecule has 3 heteroatoms. The molecule has 2 aliphatic rings. The molecule has 14 aromatic rings. The number of hydrogen-bond acceptors (Lipinski definition) is 3. The van der Waals surface area contributed by atoms with Crippen LogP contribution < -0.4 is 9.80 Å². The number of rotatable bonds is 7. The molecule has 0 radical (unpaired) electrons. The highest BCUT2D eigenvalue weighted by Gasteiger charge is 2.38. The molecule has 0 spiro atoms. The Morgan fingerprint density at radius 2 is 0.785 bits per heavy atom. The molecule has 1 aromatic heterocycles. The molecule has 0 atom stereocenters. The molecular weight excluding hydrogens is 957 g/mol. The van der Waals surface area contributed by atoms with Crippen LogP contribution in [0.25, 0.3) is 98.4 Å². The van der Waals surface area contributed by atoms with Crippen molar-refractivity contribution in [1.29, 1.82) is 0 Å². The minimum absolute atomic E-state index is 0.115. The minimum Gasteiger partial charge on any atom is -0.455 e. The van der Waals surface area contributed by atoms with Crippen molar-refractivity contribution in [3.8, 4) is 33.4 Å². The maximum Gasteiger partial charge on any atom is 0.143 e. The highest BCUT2D eigenvalue weighted by atomic mass is 16.3. The maximum atomic E-state index is 6.90. The Kier molecular flexibility index (Phi) is 9.73. The second-order valence-electron chi connectivity index (χ2n) is 22.9. The van der Waals surface area contributed by atoms with Gasteiger partial charge in [-0.1, -0.05) is 185 Å². The molecule has 0 saturated carbocycles. The Morgan fingerprint density at radius 3 is 1.58 bits per heavy atom. The van der Waals surface area contributed by atoms with E-state index in [-0.39, 0.29) is 10.8 Å². The van der Waals surface area contributed by atoms with Gasteiger partial charge in [-0.05, 0) is 190 Å². The van der Waals surface area contributed by atoms with E-state index in [1.54, 1.807) is 0 Å². The van der Waals surface area contributed by atoms with Crippen LogP contribution in [0.4, 0.5) is 34.1 Å². The molecule has 79 heavy (non-hydrogen) atoms. The van der Waals surface area contributed by atoms with E-state index in [1.165, 1.54) is 76.8 Å². The van der Waals surface area contributed by atoms with E-state index in [0.717, 1.165) is 78.0 Å². The summed E-state index contributed by atoms with van der Waals surface area (Å²) < 4.78 is 6.90. The fraction of sp³-hybridized carbons (Fsp3) is 0.0789. The monoisotopic (exact) mass is 1010 g/mol. The number of benzene rings is 13. The van der Waals surface area contributed by atoms with Crippen molar-refractivity contribution in [3.63, 3.8) is 0 Å². The van der Waals surface area contributed by atoms with E-state index < -0.39 is 0 Å². The highest BCUT2D eigenvalue weighted by Crippen LogP contribution is 2.54. The molecule has 2 aliphatic carbocycles.